The Morgan fingerprint density at radius 1 is 0.268 bits per heavy atom. The molecule has 2 heterocycles. The van der Waals surface area contributed by atoms with Gasteiger partial charge in [-0.25, -0.2) is 15.0 Å². The van der Waals surface area contributed by atoms with E-state index in [1.165, 1.54) is 54.2 Å². The smallest absolute Gasteiger partial charge is 0.164 e. The van der Waals surface area contributed by atoms with Gasteiger partial charge in [0, 0.05) is 28.3 Å². The molecule has 0 radical (unpaired) electrons. The van der Waals surface area contributed by atoms with Crippen LogP contribution in [0.25, 0.3) is 110 Å². The van der Waals surface area contributed by atoms with Crippen molar-refractivity contribution < 1.29 is 0 Å². The summed E-state index contributed by atoms with van der Waals surface area (Å²) in [6.07, 6.45) is 1.82. The van der Waals surface area contributed by atoms with Gasteiger partial charge >= 0.3 is 0 Å². The Bertz CT molecular complexity index is 3070. The number of nitrogens with zero attached hydrogens (tertiary/aromatic N) is 4. The molecule has 0 amide bonds. The third-order valence-electron chi connectivity index (χ3n) is 10.8. The van der Waals surface area contributed by atoms with Crippen molar-refractivity contribution in [3.05, 3.63) is 194 Å². The lowest BCUT2D eigenvalue weighted by atomic mass is 9.87. The summed E-state index contributed by atoms with van der Waals surface area (Å²) < 4.78 is 0. The minimum atomic E-state index is 0.597. The van der Waals surface area contributed by atoms with Crippen molar-refractivity contribution in [3.8, 4) is 56.4 Å². The van der Waals surface area contributed by atoms with Crippen LogP contribution in [0, 0.1) is 0 Å². The molecular weight excluding hydrogens is 681 g/mol. The molecule has 0 atom stereocenters. The van der Waals surface area contributed by atoms with E-state index in [0.717, 1.165) is 38.7 Å². The van der Waals surface area contributed by atoms with E-state index >= 15 is 0 Å². The van der Waals surface area contributed by atoms with Gasteiger partial charge in [0.1, 0.15) is 0 Å². The highest BCUT2D eigenvalue weighted by Crippen LogP contribution is 2.43. The first kappa shape index (κ1) is 31.9. The molecule has 0 spiro atoms. The van der Waals surface area contributed by atoms with Crippen molar-refractivity contribution in [2.24, 2.45) is 0 Å². The van der Waals surface area contributed by atoms with Crippen molar-refractivity contribution in [1.29, 1.82) is 0 Å². The Morgan fingerprint density at radius 3 is 1.23 bits per heavy atom. The molecule has 260 valence electrons. The van der Waals surface area contributed by atoms with Crippen molar-refractivity contribution in [2.45, 2.75) is 0 Å². The van der Waals surface area contributed by atoms with Crippen molar-refractivity contribution in [3.63, 3.8) is 0 Å². The third-order valence-corrected chi connectivity index (χ3v) is 10.8. The second-order valence-corrected chi connectivity index (χ2v) is 14.3. The van der Waals surface area contributed by atoms with Gasteiger partial charge in [-0.3, -0.25) is 4.98 Å². The van der Waals surface area contributed by atoms with Crippen LogP contribution in [0.15, 0.2) is 194 Å². The van der Waals surface area contributed by atoms with Gasteiger partial charge in [0.25, 0.3) is 0 Å². The molecule has 11 aromatic rings. The second-order valence-electron chi connectivity index (χ2n) is 14.3. The van der Waals surface area contributed by atoms with Crippen molar-refractivity contribution in [1.82, 2.24) is 19.9 Å². The molecule has 9 aromatic carbocycles. The molecule has 4 heteroatoms. The van der Waals surface area contributed by atoms with Crippen LogP contribution in [0.3, 0.4) is 0 Å². The zero-order chi connectivity index (χ0) is 37.0. The van der Waals surface area contributed by atoms with Gasteiger partial charge in [-0.05, 0) is 108 Å². The normalized spacial score (nSPS) is 11.6. The Balaban J connectivity index is 1.25. The van der Waals surface area contributed by atoms with Gasteiger partial charge in [-0.15, -0.1) is 0 Å². The highest BCUT2D eigenvalue weighted by Gasteiger charge is 2.19. The van der Waals surface area contributed by atoms with Crippen LogP contribution in [0.1, 0.15) is 0 Å². The van der Waals surface area contributed by atoms with Crippen LogP contribution in [0.4, 0.5) is 0 Å². The summed E-state index contributed by atoms with van der Waals surface area (Å²) >= 11 is 0. The summed E-state index contributed by atoms with van der Waals surface area (Å²) in [5, 5.41) is 10.6. The molecule has 0 bridgehead atoms. The zero-order valence-corrected chi connectivity index (χ0v) is 30.3. The van der Waals surface area contributed by atoms with E-state index in [9.17, 15) is 0 Å². The Morgan fingerprint density at radius 2 is 0.696 bits per heavy atom. The summed E-state index contributed by atoms with van der Waals surface area (Å²) in [6.45, 7) is 0. The van der Waals surface area contributed by atoms with Crippen LogP contribution in [-0.4, -0.2) is 19.9 Å². The van der Waals surface area contributed by atoms with Crippen LogP contribution in [0.2, 0.25) is 0 Å². The maximum absolute atomic E-state index is 5.28. The van der Waals surface area contributed by atoms with Gasteiger partial charge in [0.15, 0.2) is 17.5 Å². The number of benzene rings is 9. The maximum atomic E-state index is 5.28. The molecule has 0 saturated heterocycles. The monoisotopic (exact) mass is 712 g/mol. The molecule has 4 nitrogen and oxygen atoms in total. The molecule has 56 heavy (non-hydrogen) atoms. The molecule has 0 saturated carbocycles. The average Bonchev–Trinajstić information content (AvgIpc) is 3.27. The van der Waals surface area contributed by atoms with Gasteiger partial charge < -0.3 is 0 Å². The molecule has 0 fully saturated rings. The highest BCUT2D eigenvalue weighted by molar-refractivity contribution is 6.16. The average molecular weight is 713 g/mol. The van der Waals surface area contributed by atoms with Crippen molar-refractivity contribution >= 4 is 54.0 Å². The van der Waals surface area contributed by atoms with Crippen LogP contribution in [-0.2, 0) is 0 Å². The first-order valence-corrected chi connectivity index (χ1v) is 18.9. The predicted molar refractivity (Wildman–Crippen MR) is 232 cm³/mol. The zero-order valence-electron chi connectivity index (χ0n) is 30.3. The summed E-state index contributed by atoms with van der Waals surface area (Å²) in [5.74, 6) is 1.82. The van der Waals surface area contributed by atoms with E-state index in [-0.39, 0.29) is 0 Å². The van der Waals surface area contributed by atoms with E-state index in [2.05, 4.69) is 169 Å². The molecule has 0 unspecified atom stereocenters. The number of hydrogen-bond donors (Lipinski definition) is 0. The summed E-state index contributed by atoms with van der Waals surface area (Å²) in [5.41, 5.74) is 8.17. The molecule has 0 aliphatic carbocycles. The van der Waals surface area contributed by atoms with Gasteiger partial charge in [0.2, 0.25) is 0 Å². The minimum Gasteiger partial charge on any atom is -0.256 e. The number of hydrogen-bond acceptors (Lipinski definition) is 4. The van der Waals surface area contributed by atoms with E-state index < -0.39 is 0 Å². The molecule has 2 aromatic heterocycles. The van der Waals surface area contributed by atoms with Crippen LogP contribution >= 0.6 is 0 Å². The Hall–Kier alpha value is -7.56. The van der Waals surface area contributed by atoms with E-state index in [0.29, 0.717) is 17.5 Å². The number of rotatable bonds is 5. The summed E-state index contributed by atoms with van der Waals surface area (Å²) in [7, 11) is 0. The lowest BCUT2D eigenvalue weighted by Gasteiger charge is -2.18. The third kappa shape index (κ3) is 5.47. The van der Waals surface area contributed by atoms with Gasteiger partial charge in [-0.2, -0.15) is 0 Å². The fourth-order valence-electron chi connectivity index (χ4n) is 8.25. The Labute approximate surface area is 323 Å². The topological polar surface area (TPSA) is 51.6 Å². The summed E-state index contributed by atoms with van der Waals surface area (Å²) in [4.78, 5) is 20.2. The molecule has 0 aliphatic heterocycles. The first-order chi connectivity index (χ1) is 27.7. The standard InChI is InChI=1S/C52H32N4/c1-2-13-34(14-3-1)50-54-51(39-25-24-33-19-12-26-53-47(33)32-39)56-52(55-50)42-30-40(48-43-20-8-4-15-35(43)27-36-16-5-9-21-44(36)48)29-41(31-42)49-45-22-10-6-17-37(45)28-38-18-7-11-23-46(38)49/h1-32H. The van der Waals surface area contributed by atoms with Crippen molar-refractivity contribution in [2.75, 3.05) is 0 Å². The highest BCUT2D eigenvalue weighted by atomic mass is 15.0. The van der Waals surface area contributed by atoms with E-state index in [1.807, 2.05) is 30.5 Å². The number of aromatic nitrogens is 4. The van der Waals surface area contributed by atoms with Crippen LogP contribution < -0.4 is 0 Å². The Kier molecular flexibility index (Phi) is 7.46. The second kappa shape index (κ2) is 13.1. The quantitative estimate of drug-likeness (QED) is 0.167. The molecule has 0 aliphatic rings. The lowest BCUT2D eigenvalue weighted by molar-refractivity contribution is 1.07. The lowest BCUT2D eigenvalue weighted by Crippen LogP contribution is -2.01. The van der Waals surface area contributed by atoms with Gasteiger partial charge in [-0.1, -0.05) is 146 Å². The van der Waals surface area contributed by atoms with Gasteiger partial charge in [0.05, 0.1) is 5.52 Å². The van der Waals surface area contributed by atoms with E-state index in [4.69, 9.17) is 15.0 Å². The molecule has 0 N–H and O–H groups in total. The predicted octanol–water partition coefficient (Wildman–Crippen LogP) is 13.4. The molecular formula is C52H32N4. The summed E-state index contributed by atoms with van der Waals surface area (Å²) in [6, 6.07) is 66.6. The fourth-order valence-corrected chi connectivity index (χ4v) is 8.25. The fraction of sp³-hybridized carbons (Fsp3) is 0. The minimum absolute atomic E-state index is 0.597. The maximum Gasteiger partial charge on any atom is 0.164 e. The van der Waals surface area contributed by atoms with E-state index in [1.54, 1.807) is 0 Å². The molecule has 11 rings (SSSR count). The largest absolute Gasteiger partial charge is 0.256 e. The first-order valence-electron chi connectivity index (χ1n) is 18.9. The van der Waals surface area contributed by atoms with Crippen LogP contribution in [0.5, 0.6) is 0 Å². The number of fused-ring (bicyclic) bond motifs is 5. The number of pyridine rings is 1. The SMILES string of the molecule is c1ccc(-c2nc(-c3cc(-c4c5ccccc5cc5ccccc45)cc(-c4c5ccccc5cc5ccccc45)c3)nc(-c3ccc4cccnc4c3)n2)cc1.